The normalized spacial score (nSPS) is 36.0. The van der Waals surface area contributed by atoms with E-state index >= 15 is 0 Å². The topological polar surface area (TPSA) is 30.5 Å². The van der Waals surface area contributed by atoms with Crippen LogP contribution in [-0.2, 0) is 9.47 Å². The summed E-state index contributed by atoms with van der Waals surface area (Å²) in [6.07, 6.45) is 6.42. The van der Waals surface area contributed by atoms with Gasteiger partial charge in [0, 0.05) is 13.2 Å². The van der Waals surface area contributed by atoms with Crippen molar-refractivity contribution in [2.75, 3.05) is 19.7 Å². The highest BCUT2D eigenvalue weighted by atomic mass is 16.7. The van der Waals surface area contributed by atoms with Crippen molar-refractivity contribution in [2.24, 2.45) is 0 Å². The third-order valence-electron chi connectivity index (χ3n) is 2.73. The standard InChI is InChI=1S/C10H19NO2/c1-2-7-12-10(5-1)13-9-4-3-6-11-8-9/h9-11H,1-8H2. The van der Waals surface area contributed by atoms with Gasteiger partial charge in [0.25, 0.3) is 0 Å². The number of nitrogens with one attached hydrogen (secondary N) is 1. The Morgan fingerprint density at radius 3 is 2.85 bits per heavy atom. The summed E-state index contributed by atoms with van der Waals surface area (Å²) in [7, 11) is 0. The molecule has 0 radical (unpaired) electrons. The molecule has 2 rings (SSSR count). The molecule has 2 heterocycles. The number of hydrogen-bond donors (Lipinski definition) is 1. The zero-order valence-corrected chi connectivity index (χ0v) is 8.13. The lowest BCUT2D eigenvalue weighted by Crippen LogP contribution is -2.39. The van der Waals surface area contributed by atoms with Crippen LogP contribution in [0, 0.1) is 0 Å². The average molecular weight is 185 g/mol. The van der Waals surface area contributed by atoms with Crippen molar-refractivity contribution < 1.29 is 9.47 Å². The smallest absolute Gasteiger partial charge is 0.158 e. The molecule has 2 atom stereocenters. The second kappa shape index (κ2) is 4.94. The summed E-state index contributed by atoms with van der Waals surface area (Å²) in [5.41, 5.74) is 0. The highest BCUT2D eigenvalue weighted by molar-refractivity contribution is 4.70. The molecule has 0 saturated carbocycles. The Hall–Kier alpha value is -0.120. The van der Waals surface area contributed by atoms with Gasteiger partial charge in [-0.3, -0.25) is 0 Å². The first kappa shape index (κ1) is 9.44. The summed E-state index contributed by atoms with van der Waals surface area (Å²) in [6.45, 7) is 3.02. The van der Waals surface area contributed by atoms with Crippen LogP contribution in [0.1, 0.15) is 32.1 Å². The predicted molar refractivity (Wildman–Crippen MR) is 50.6 cm³/mol. The minimum Gasteiger partial charge on any atom is -0.353 e. The summed E-state index contributed by atoms with van der Waals surface area (Å²) in [5.74, 6) is 0. The first-order valence-corrected chi connectivity index (χ1v) is 5.43. The van der Waals surface area contributed by atoms with Crippen LogP contribution in [0.3, 0.4) is 0 Å². The number of rotatable bonds is 2. The van der Waals surface area contributed by atoms with E-state index in [9.17, 15) is 0 Å². The van der Waals surface area contributed by atoms with Gasteiger partial charge in [0.05, 0.1) is 6.10 Å². The van der Waals surface area contributed by atoms with Crippen molar-refractivity contribution in [1.82, 2.24) is 5.32 Å². The van der Waals surface area contributed by atoms with Crippen LogP contribution in [0.5, 0.6) is 0 Å². The molecule has 2 aliphatic rings. The van der Waals surface area contributed by atoms with Crippen LogP contribution in [0.4, 0.5) is 0 Å². The molecule has 0 aromatic carbocycles. The molecule has 0 amide bonds. The molecule has 1 N–H and O–H groups in total. The van der Waals surface area contributed by atoms with Gasteiger partial charge in [0.2, 0.25) is 0 Å². The third kappa shape index (κ3) is 2.93. The Morgan fingerprint density at radius 2 is 2.15 bits per heavy atom. The first-order valence-electron chi connectivity index (χ1n) is 5.43. The van der Waals surface area contributed by atoms with Gasteiger partial charge in [0.15, 0.2) is 6.29 Å². The van der Waals surface area contributed by atoms with Crippen LogP contribution < -0.4 is 5.32 Å². The van der Waals surface area contributed by atoms with E-state index in [0.717, 1.165) is 26.1 Å². The van der Waals surface area contributed by atoms with E-state index in [0.29, 0.717) is 6.10 Å². The van der Waals surface area contributed by atoms with E-state index in [2.05, 4.69) is 5.32 Å². The fraction of sp³-hybridized carbons (Fsp3) is 1.00. The van der Waals surface area contributed by atoms with Crippen LogP contribution in [-0.4, -0.2) is 32.1 Å². The van der Waals surface area contributed by atoms with Crippen molar-refractivity contribution in [3.05, 3.63) is 0 Å². The summed E-state index contributed by atoms with van der Waals surface area (Å²) >= 11 is 0. The fourth-order valence-electron chi connectivity index (χ4n) is 1.97. The largest absolute Gasteiger partial charge is 0.353 e. The van der Waals surface area contributed by atoms with Crippen LogP contribution in [0.2, 0.25) is 0 Å². The van der Waals surface area contributed by atoms with E-state index in [1.165, 1.54) is 25.7 Å². The van der Waals surface area contributed by atoms with Gasteiger partial charge >= 0.3 is 0 Å². The van der Waals surface area contributed by atoms with E-state index < -0.39 is 0 Å². The molecule has 0 spiro atoms. The summed E-state index contributed by atoms with van der Waals surface area (Å²) in [4.78, 5) is 0. The third-order valence-corrected chi connectivity index (χ3v) is 2.73. The number of piperidine rings is 1. The summed E-state index contributed by atoms with van der Waals surface area (Å²) < 4.78 is 11.4. The van der Waals surface area contributed by atoms with Gasteiger partial charge < -0.3 is 14.8 Å². The van der Waals surface area contributed by atoms with Gasteiger partial charge in [-0.2, -0.15) is 0 Å². The monoisotopic (exact) mass is 185 g/mol. The van der Waals surface area contributed by atoms with Crippen LogP contribution >= 0.6 is 0 Å². The Labute approximate surface area is 79.8 Å². The lowest BCUT2D eigenvalue weighted by molar-refractivity contribution is -0.190. The van der Waals surface area contributed by atoms with Crippen molar-refractivity contribution >= 4 is 0 Å². The highest BCUT2D eigenvalue weighted by Crippen LogP contribution is 2.17. The molecular formula is C10H19NO2. The van der Waals surface area contributed by atoms with Gasteiger partial charge in [0.1, 0.15) is 0 Å². The molecule has 2 fully saturated rings. The second-order valence-electron chi connectivity index (χ2n) is 3.90. The minimum absolute atomic E-state index is 0.0821. The van der Waals surface area contributed by atoms with Crippen molar-refractivity contribution in [3.8, 4) is 0 Å². The zero-order chi connectivity index (χ0) is 8.93. The second-order valence-corrected chi connectivity index (χ2v) is 3.90. The van der Waals surface area contributed by atoms with E-state index in [1.807, 2.05) is 0 Å². The van der Waals surface area contributed by atoms with E-state index in [-0.39, 0.29) is 6.29 Å². The van der Waals surface area contributed by atoms with Crippen LogP contribution in [0.25, 0.3) is 0 Å². The molecule has 0 bridgehead atoms. The molecule has 3 nitrogen and oxygen atoms in total. The van der Waals surface area contributed by atoms with Gasteiger partial charge in [-0.25, -0.2) is 0 Å². The van der Waals surface area contributed by atoms with Crippen molar-refractivity contribution in [3.63, 3.8) is 0 Å². The Balaban J connectivity index is 1.69. The Bertz CT molecular complexity index is 124. The van der Waals surface area contributed by atoms with Crippen molar-refractivity contribution in [2.45, 2.75) is 44.5 Å². The van der Waals surface area contributed by atoms with Crippen molar-refractivity contribution in [1.29, 1.82) is 0 Å². The molecule has 2 unspecified atom stereocenters. The molecule has 0 aliphatic carbocycles. The van der Waals surface area contributed by atoms with E-state index in [1.54, 1.807) is 0 Å². The molecule has 2 saturated heterocycles. The predicted octanol–water partition coefficient (Wildman–Crippen LogP) is 1.28. The summed E-state index contributed by atoms with van der Waals surface area (Å²) in [5, 5.41) is 3.34. The Morgan fingerprint density at radius 1 is 1.15 bits per heavy atom. The first-order chi connectivity index (χ1) is 6.45. The molecule has 13 heavy (non-hydrogen) atoms. The fourth-order valence-corrected chi connectivity index (χ4v) is 1.97. The molecule has 76 valence electrons. The molecule has 2 aliphatic heterocycles. The Kier molecular flexibility index (Phi) is 3.58. The average Bonchev–Trinajstić information content (AvgIpc) is 2.21. The number of hydrogen-bond acceptors (Lipinski definition) is 3. The SMILES string of the molecule is C1CCC(OC2CCCNC2)OC1. The molecule has 0 aromatic rings. The van der Waals surface area contributed by atoms with E-state index in [4.69, 9.17) is 9.47 Å². The molecule has 3 heteroatoms. The lowest BCUT2D eigenvalue weighted by atomic mass is 10.1. The van der Waals surface area contributed by atoms with Crippen LogP contribution in [0.15, 0.2) is 0 Å². The van der Waals surface area contributed by atoms with Gasteiger partial charge in [-0.1, -0.05) is 0 Å². The van der Waals surface area contributed by atoms with Gasteiger partial charge in [-0.15, -0.1) is 0 Å². The summed E-state index contributed by atoms with van der Waals surface area (Å²) in [6, 6.07) is 0. The molecular weight excluding hydrogens is 166 g/mol. The lowest BCUT2D eigenvalue weighted by Gasteiger charge is -2.30. The minimum atomic E-state index is 0.0821. The maximum Gasteiger partial charge on any atom is 0.158 e. The van der Waals surface area contributed by atoms with Gasteiger partial charge in [-0.05, 0) is 38.6 Å². The number of ether oxygens (including phenoxy) is 2. The highest BCUT2D eigenvalue weighted by Gasteiger charge is 2.20. The zero-order valence-electron chi connectivity index (χ0n) is 8.13. The molecule has 0 aromatic heterocycles. The maximum atomic E-state index is 5.85. The quantitative estimate of drug-likeness (QED) is 0.703. The maximum absolute atomic E-state index is 5.85.